The summed E-state index contributed by atoms with van der Waals surface area (Å²) in [5.74, 6) is 0.165. The van der Waals surface area contributed by atoms with Crippen LogP contribution in [-0.4, -0.2) is 6.04 Å². The van der Waals surface area contributed by atoms with Gasteiger partial charge < -0.3 is 5.32 Å². The van der Waals surface area contributed by atoms with Crippen molar-refractivity contribution in [3.8, 4) is 6.07 Å². The van der Waals surface area contributed by atoms with Gasteiger partial charge in [-0.2, -0.15) is 5.26 Å². The summed E-state index contributed by atoms with van der Waals surface area (Å²) in [7, 11) is 0. The van der Waals surface area contributed by atoms with E-state index < -0.39 is 0 Å². The minimum absolute atomic E-state index is 0.165. The molecule has 2 rings (SSSR count). The summed E-state index contributed by atoms with van der Waals surface area (Å²) in [5.41, 5.74) is 2.51. The van der Waals surface area contributed by atoms with Crippen LogP contribution < -0.4 is 5.32 Å². The summed E-state index contributed by atoms with van der Waals surface area (Å²) in [6.45, 7) is 2.17. The van der Waals surface area contributed by atoms with Crippen molar-refractivity contribution in [3.05, 3.63) is 29.8 Å². The molecule has 0 aliphatic heterocycles. The highest BCUT2D eigenvalue weighted by atomic mass is 14.9. The van der Waals surface area contributed by atoms with E-state index in [9.17, 15) is 5.26 Å². The molecule has 96 valence electrons. The van der Waals surface area contributed by atoms with E-state index in [1.807, 2.05) is 0 Å². The molecule has 0 aromatic heterocycles. The van der Waals surface area contributed by atoms with Gasteiger partial charge in [-0.25, -0.2) is 0 Å². The minimum Gasteiger partial charge on any atom is -0.381 e. The molecule has 0 amide bonds. The highest BCUT2D eigenvalue weighted by Gasteiger charge is 2.23. The minimum atomic E-state index is 0.165. The van der Waals surface area contributed by atoms with Gasteiger partial charge in [0.1, 0.15) is 0 Å². The van der Waals surface area contributed by atoms with Crippen molar-refractivity contribution in [2.75, 3.05) is 5.32 Å². The van der Waals surface area contributed by atoms with Crippen molar-refractivity contribution in [2.45, 2.75) is 51.5 Å². The maximum absolute atomic E-state index is 9.26. The van der Waals surface area contributed by atoms with Gasteiger partial charge in [0.25, 0.3) is 0 Å². The number of nitrogens with zero attached hydrogens (tertiary/aromatic N) is 1. The van der Waals surface area contributed by atoms with Crippen molar-refractivity contribution in [1.82, 2.24) is 0 Å². The van der Waals surface area contributed by atoms with E-state index in [0.717, 1.165) is 24.9 Å². The van der Waals surface area contributed by atoms with E-state index in [0.29, 0.717) is 6.04 Å². The molecule has 1 aliphatic carbocycles. The Morgan fingerprint density at radius 1 is 1.17 bits per heavy atom. The Hall–Kier alpha value is -1.49. The predicted octanol–water partition coefficient (Wildman–Crippen LogP) is 4.13. The van der Waals surface area contributed by atoms with Gasteiger partial charge in [0.2, 0.25) is 0 Å². The molecule has 0 bridgehead atoms. The van der Waals surface area contributed by atoms with E-state index in [4.69, 9.17) is 0 Å². The molecule has 0 spiro atoms. The van der Waals surface area contributed by atoms with Gasteiger partial charge in [-0.3, -0.25) is 0 Å². The number of nitriles is 1. The van der Waals surface area contributed by atoms with Crippen LogP contribution >= 0.6 is 0 Å². The monoisotopic (exact) mass is 242 g/mol. The van der Waals surface area contributed by atoms with Gasteiger partial charge in [0.15, 0.2) is 0 Å². The standard InChI is InChI=1S/C16H22N2/c1-2-13-8-10-15(11-9-13)18-16-7-5-3-4-6-14(16)12-17/h8-11,14,16,18H,2-7H2,1H3. The third-order valence-corrected chi connectivity index (χ3v) is 3.90. The lowest BCUT2D eigenvalue weighted by Crippen LogP contribution is -2.27. The van der Waals surface area contributed by atoms with Crippen LogP contribution in [0.3, 0.4) is 0 Å². The lowest BCUT2D eigenvalue weighted by atomic mass is 9.96. The fraction of sp³-hybridized carbons (Fsp3) is 0.562. The van der Waals surface area contributed by atoms with Crippen molar-refractivity contribution in [2.24, 2.45) is 5.92 Å². The van der Waals surface area contributed by atoms with Gasteiger partial charge in [-0.05, 0) is 37.0 Å². The zero-order valence-electron chi connectivity index (χ0n) is 11.2. The van der Waals surface area contributed by atoms with Gasteiger partial charge in [-0.15, -0.1) is 0 Å². The fourth-order valence-electron chi connectivity index (χ4n) is 2.69. The number of nitrogens with one attached hydrogen (secondary N) is 1. The molecule has 0 saturated heterocycles. The van der Waals surface area contributed by atoms with E-state index in [1.54, 1.807) is 0 Å². The van der Waals surface area contributed by atoms with E-state index in [2.05, 4.69) is 42.6 Å². The maximum Gasteiger partial charge on any atom is 0.0677 e. The fourth-order valence-corrected chi connectivity index (χ4v) is 2.69. The first-order valence-corrected chi connectivity index (χ1v) is 7.08. The van der Waals surface area contributed by atoms with Gasteiger partial charge in [0, 0.05) is 11.7 Å². The molecule has 2 nitrogen and oxygen atoms in total. The van der Waals surface area contributed by atoms with Crippen LogP contribution in [0.15, 0.2) is 24.3 Å². The highest BCUT2D eigenvalue weighted by Crippen LogP contribution is 2.26. The summed E-state index contributed by atoms with van der Waals surface area (Å²) in [4.78, 5) is 0. The van der Waals surface area contributed by atoms with Crippen LogP contribution in [-0.2, 0) is 6.42 Å². The Bertz CT molecular complexity index is 402. The predicted molar refractivity (Wildman–Crippen MR) is 75.4 cm³/mol. The second kappa shape index (κ2) is 6.44. The molecule has 2 atom stereocenters. The van der Waals surface area contributed by atoms with E-state index >= 15 is 0 Å². The van der Waals surface area contributed by atoms with Crippen molar-refractivity contribution < 1.29 is 0 Å². The van der Waals surface area contributed by atoms with Gasteiger partial charge >= 0.3 is 0 Å². The maximum atomic E-state index is 9.26. The molecule has 1 saturated carbocycles. The van der Waals surface area contributed by atoms with Crippen molar-refractivity contribution in [3.63, 3.8) is 0 Å². The van der Waals surface area contributed by atoms with Crippen LogP contribution in [0, 0.1) is 17.2 Å². The number of rotatable bonds is 3. The van der Waals surface area contributed by atoms with Crippen molar-refractivity contribution >= 4 is 5.69 Å². The normalized spacial score (nSPS) is 24.0. The molecule has 1 aliphatic rings. The Kier molecular flexibility index (Phi) is 4.64. The van der Waals surface area contributed by atoms with Crippen LogP contribution in [0.25, 0.3) is 0 Å². The molecular weight excluding hydrogens is 220 g/mol. The second-order valence-electron chi connectivity index (χ2n) is 5.17. The molecule has 1 aromatic carbocycles. The largest absolute Gasteiger partial charge is 0.381 e. The second-order valence-corrected chi connectivity index (χ2v) is 5.17. The number of hydrogen-bond donors (Lipinski definition) is 1. The average molecular weight is 242 g/mol. The molecule has 0 radical (unpaired) electrons. The summed E-state index contributed by atoms with van der Waals surface area (Å²) in [5, 5.41) is 12.8. The smallest absolute Gasteiger partial charge is 0.0677 e. The van der Waals surface area contributed by atoms with Gasteiger partial charge in [-0.1, -0.05) is 38.3 Å². The summed E-state index contributed by atoms with van der Waals surface area (Å²) in [6.07, 6.45) is 6.94. The quantitative estimate of drug-likeness (QED) is 0.809. The number of aryl methyl sites for hydroxylation is 1. The first-order valence-electron chi connectivity index (χ1n) is 7.08. The molecule has 0 heterocycles. The third-order valence-electron chi connectivity index (χ3n) is 3.90. The van der Waals surface area contributed by atoms with Crippen LogP contribution in [0.2, 0.25) is 0 Å². The van der Waals surface area contributed by atoms with E-state index in [1.165, 1.54) is 24.8 Å². The molecule has 1 N–H and O–H groups in total. The zero-order valence-corrected chi connectivity index (χ0v) is 11.2. The highest BCUT2D eigenvalue weighted by molar-refractivity contribution is 5.45. The number of anilines is 1. The number of benzene rings is 1. The summed E-state index contributed by atoms with van der Waals surface area (Å²) >= 11 is 0. The Balaban J connectivity index is 2.03. The topological polar surface area (TPSA) is 35.8 Å². The molecular formula is C16H22N2. The molecule has 2 unspecified atom stereocenters. The number of hydrogen-bond acceptors (Lipinski definition) is 2. The van der Waals surface area contributed by atoms with Crippen LogP contribution in [0.1, 0.15) is 44.6 Å². The molecule has 2 heteroatoms. The van der Waals surface area contributed by atoms with E-state index in [-0.39, 0.29) is 5.92 Å². The summed E-state index contributed by atoms with van der Waals surface area (Å²) in [6, 6.07) is 11.4. The third kappa shape index (κ3) is 3.26. The van der Waals surface area contributed by atoms with Crippen LogP contribution in [0.4, 0.5) is 5.69 Å². The van der Waals surface area contributed by atoms with Crippen molar-refractivity contribution in [1.29, 1.82) is 5.26 Å². The molecule has 18 heavy (non-hydrogen) atoms. The lowest BCUT2D eigenvalue weighted by molar-refractivity contribution is 0.514. The Morgan fingerprint density at radius 3 is 2.56 bits per heavy atom. The first-order chi connectivity index (χ1) is 8.83. The Labute approximate surface area is 110 Å². The first kappa shape index (κ1) is 13.0. The Morgan fingerprint density at radius 2 is 1.89 bits per heavy atom. The lowest BCUT2D eigenvalue weighted by Gasteiger charge is -2.22. The molecule has 1 fully saturated rings. The zero-order chi connectivity index (χ0) is 12.8. The molecule has 1 aromatic rings. The average Bonchev–Trinajstić information content (AvgIpc) is 2.64. The summed E-state index contributed by atoms with van der Waals surface area (Å²) < 4.78 is 0. The SMILES string of the molecule is CCc1ccc(NC2CCCCCC2C#N)cc1. The van der Waals surface area contributed by atoms with Crippen LogP contribution in [0.5, 0.6) is 0 Å². The van der Waals surface area contributed by atoms with Gasteiger partial charge in [0.05, 0.1) is 12.0 Å².